The Morgan fingerprint density at radius 1 is 0.730 bits per heavy atom. The number of rotatable bonds is 9. The molecule has 0 N–H and O–H groups in total. The summed E-state index contributed by atoms with van der Waals surface area (Å²) in [6, 6.07) is 9.66. The molecule has 8 unspecified atom stereocenters. The Labute approximate surface area is 222 Å². The number of epoxide rings is 2. The Hall–Kier alpha value is -2.04. The highest BCUT2D eigenvalue weighted by atomic mass is 16.6. The second-order valence-corrected chi connectivity index (χ2v) is 12.9. The maximum atomic E-state index is 6.12. The van der Waals surface area contributed by atoms with E-state index in [1.54, 1.807) is 5.56 Å². The van der Waals surface area contributed by atoms with Gasteiger partial charge in [-0.05, 0) is 129 Å². The maximum Gasteiger partial charge on any atom is 0.125 e. The molecule has 5 aliphatic rings. The van der Waals surface area contributed by atoms with Crippen LogP contribution in [0.3, 0.4) is 0 Å². The van der Waals surface area contributed by atoms with Crippen molar-refractivity contribution in [2.24, 2.45) is 29.6 Å². The molecule has 4 heteroatoms. The molecule has 2 bridgehead atoms. The molecule has 2 aromatic carbocycles. The van der Waals surface area contributed by atoms with Crippen molar-refractivity contribution in [2.75, 3.05) is 26.4 Å². The van der Waals surface area contributed by atoms with E-state index in [1.165, 1.54) is 59.9 Å². The zero-order valence-electron chi connectivity index (χ0n) is 22.9. The lowest BCUT2D eigenvalue weighted by molar-refractivity contribution is 0.192. The van der Waals surface area contributed by atoms with Crippen molar-refractivity contribution in [3.05, 3.63) is 57.6 Å². The topological polar surface area (TPSA) is 43.5 Å². The van der Waals surface area contributed by atoms with Gasteiger partial charge in [0.15, 0.2) is 0 Å². The molecule has 7 rings (SSSR count). The fourth-order valence-corrected chi connectivity index (χ4v) is 8.69. The lowest BCUT2D eigenvalue weighted by Crippen LogP contribution is -2.27. The van der Waals surface area contributed by atoms with Crippen LogP contribution in [0.4, 0.5) is 0 Å². The fraction of sp³-hybridized carbons (Fsp3) is 0.636. The third-order valence-electron chi connectivity index (χ3n) is 10.2. The van der Waals surface area contributed by atoms with E-state index in [4.69, 9.17) is 18.9 Å². The number of fused-ring (bicyclic) bond motifs is 5. The molecule has 5 fully saturated rings. The van der Waals surface area contributed by atoms with Crippen molar-refractivity contribution in [1.29, 1.82) is 0 Å². The molecule has 2 aliphatic heterocycles. The summed E-state index contributed by atoms with van der Waals surface area (Å²) in [5.74, 6) is 7.33. The van der Waals surface area contributed by atoms with Gasteiger partial charge in [0.1, 0.15) is 36.9 Å². The van der Waals surface area contributed by atoms with Gasteiger partial charge in [-0.2, -0.15) is 0 Å². The van der Waals surface area contributed by atoms with E-state index in [2.05, 4.69) is 52.0 Å². The zero-order chi connectivity index (χ0) is 25.3. The average Bonchev–Trinajstić information content (AvgIpc) is 3.75. The molecule has 0 amide bonds. The highest BCUT2D eigenvalue weighted by Crippen LogP contribution is 2.65. The maximum absolute atomic E-state index is 6.12. The second kappa shape index (κ2) is 9.31. The Morgan fingerprint density at radius 2 is 1.30 bits per heavy atom. The number of hydrogen-bond acceptors (Lipinski definition) is 4. The summed E-state index contributed by atoms with van der Waals surface area (Å²) in [6.45, 7) is 11.9. The van der Waals surface area contributed by atoms with Crippen molar-refractivity contribution < 1.29 is 18.9 Å². The summed E-state index contributed by atoms with van der Waals surface area (Å²) in [5.41, 5.74) is 8.22. The standard InChI is InChI=1S/C33H42O4/c1-18-7-22(8-19(2)32(18)36-16-26-14-34-26)11-23-5-6-28-30-13-25(31(23)28)12-29(30)24-9-20(3)33(21(4)10-24)37-17-27-15-35-27/h7-10,23,25-31H,5-6,11-17H2,1-4H3. The minimum Gasteiger partial charge on any atom is -0.490 e. The average molecular weight is 503 g/mol. The smallest absolute Gasteiger partial charge is 0.125 e. The van der Waals surface area contributed by atoms with Crippen molar-refractivity contribution in [3.63, 3.8) is 0 Å². The molecule has 3 saturated carbocycles. The van der Waals surface area contributed by atoms with Gasteiger partial charge < -0.3 is 18.9 Å². The Morgan fingerprint density at radius 3 is 1.86 bits per heavy atom. The number of ether oxygens (including phenoxy) is 4. The minimum atomic E-state index is 0.303. The summed E-state index contributed by atoms with van der Waals surface area (Å²) >= 11 is 0. The van der Waals surface area contributed by atoms with E-state index in [0.29, 0.717) is 25.4 Å². The Bertz CT molecular complexity index is 1130. The quantitative estimate of drug-likeness (QED) is 0.368. The van der Waals surface area contributed by atoms with Crippen LogP contribution in [0, 0.1) is 57.3 Å². The van der Waals surface area contributed by atoms with Crippen LogP contribution < -0.4 is 9.47 Å². The first-order chi connectivity index (χ1) is 17.9. The van der Waals surface area contributed by atoms with Gasteiger partial charge in [-0.25, -0.2) is 0 Å². The van der Waals surface area contributed by atoms with E-state index in [0.717, 1.165) is 60.2 Å². The first kappa shape index (κ1) is 24.0. The molecule has 2 heterocycles. The molecule has 37 heavy (non-hydrogen) atoms. The summed E-state index contributed by atoms with van der Waals surface area (Å²) in [4.78, 5) is 0. The normalized spacial score (nSPS) is 35.0. The van der Waals surface area contributed by atoms with Crippen LogP contribution in [0.15, 0.2) is 24.3 Å². The van der Waals surface area contributed by atoms with E-state index in [-0.39, 0.29) is 0 Å². The number of aryl methyl sites for hydroxylation is 4. The third-order valence-corrected chi connectivity index (χ3v) is 10.2. The molecule has 4 nitrogen and oxygen atoms in total. The SMILES string of the molecule is Cc1cc(CC2CCC3C4CC(CC4c4cc(C)c(OCC5CO5)c(C)c4)C23)cc(C)c1OCC1CO1. The van der Waals surface area contributed by atoms with Crippen LogP contribution in [0.5, 0.6) is 11.5 Å². The van der Waals surface area contributed by atoms with Gasteiger partial charge in [-0.1, -0.05) is 24.3 Å². The summed E-state index contributed by atoms with van der Waals surface area (Å²) in [5, 5.41) is 0. The van der Waals surface area contributed by atoms with Crippen molar-refractivity contribution in [1.82, 2.24) is 0 Å². The monoisotopic (exact) mass is 502 g/mol. The zero-order valence-corrected chi connectivity index (χ0v) is 22.9. The third kappa shape index (κ3) is 4.59. The predicted molar refractivity (Wildman–Crippen MR) is 145 cm³/mol. The molecule has 0 aromatic heterocycles. The van der Waals surface area contributed by atoms with Gasteiger partial charge in [0.2, 0.25) is 0 Å². The van der Waals surface area contributed by atoms with E-state index < -0.39 is 0 Å². The Balaban J connectivity index is 1.03. The van der Waals surface area contributed by atoms with Crippen LogP contribution in [0.25, 0.3) is 0 Å². The summed E-state index contributed by atoms with van der Waals surface area (Å²) < 4.78 is 22.9. The van der Waals surface area contributed by atoms with Crippen LogP contribution >= 0.6 is 0 Å². The lowest BCUT2D eigenvalue weighted by Gasteiger charge is -2.35. The molecule has 198 valence electrons. The van der Waals surface area contributed by atoms with E-state index in [1.807, 2.05) is 0 Å². The van der Waals surface area contributed by atoms with Gasteiger partial charge in [0, 0.05) is 0 Å². The first-order valence-electron chi connectivity index (χ1n) is 14.6. The first-order valence-corrected chi connectivity index (χ1v) is 14.6. The van der Waals surface area contributed by atoms with Crippen molar-refractivity contribution in [2.45, 2.75) is 77.9 Å². The highest BCUT2D eigenvalue weighted by molar-refractivity contribution is 5.46. The summed E-state index contributed by atoms with van der Waals surface area (Å²) in [7, 11) is 0. The van der Waals surface area contributed by atoms with E-state index in [9.17, 15) is 0 Å². The van der Waals surface area contributed by atoms with Crippen molar-refractivity contribution >= 4 is 0 Å². The molecule has 0 radical (unpaired) electrons. The predicted octanol–water partition coefficient (Wildman–Crippen LogP) is 6.48. The number of hydrogen-bond donors (Lipinski definition) is 0. The van der Waals surface area contributed by atoms with Gasteiger partial charge in [0.05, 0.1) is 13.2 Å². The molecule has 0 spiro atoms. The number of benzene rings is 2. The highest BCUT2D eigenvalue weighted by Gasteiger charge is 2.57. The fourth-order valence-electron chi connectivity index (χ4n) is 8.69. The van der Waals surface area contributed by atoms with Crippen LogP contribution in [0.2, 0.25) is 0 Å². The largest absolute Gasteiger partial charge is 0.490 e. The molecule has 2 saturated heterocycles. The van der Waals surface area contributed by atoms with Crippen LogP contribution in [-0.2, 0) is 15.9 Å². The van der Waals surface area contributed by atoms with Gasteiger partial charge in [0.25, 0.3) is 0 Å². The van der Waals surface area contributed by atoms with Gasteiger partial charge in [-0.3, -0.25) is 0 Å². The Kier molecular flexibility index (Phi) is 6.05. The molecular weight excluding hydrogens is 460 g/mol. The van der Waals surface area contributed by atoms with Crippen molar-refractivity contribution in [3.8, 4) is 11.5 Å². The summed E-state index contributed by atoms with van der Waals surface area (Å²) in [6.07, 6.45) is 7.49. The molecule has 2 aromatic rings. The second-order valence-electron chi connectivity index (χ2n) is 12.9. The van der Waals surface area contributed by atoms with Crippen LogP contribution in [-0.4, -0.2) is 38.6 Å². The molecular formula is C33H42O4. The van der Waals surface area contributed by atoms with Gasteiger partial charge in [-0.15, -0.1) is 0 Å². The minimum absolute atomic E-state index is 0.303. The van der Waals surface area contributed by atoms with Gasteiger partial charge >= 0.3 is 0 Å². The lowest BCUT2D eigenvalue weighted by atomic mass is 9.70. The van der Waals surface area contributed by atoms with E-state index >= 15 is 0 Å². The van der Waals surface area contributed by atoms with Crippen LogP contribution in [0.1, 0.15) is 65.0 Å². The molecule has 8 atom stereocenters. The molecule has 3 aliphatic carbocycles.